The van der Waals surface area contributed by atoms with Gasteiger partial charge in [-0.05, 0) is 12.1 Å². The highest BCUT2D eigenvalue weighted by Crippen LogP contribution is 2.37. The lowest BCUT2D eigenvalue weighted by molar-refractivity contribution is -0.139. The maximum atomic E-state index is 12.5. The van der Waals surface area contributed by atoms with Gasteiger partial charge in [-0.2, -0.15) is 13.2 Å². The van der Waals surface area contributed by atoms with Gasteiger partial charge in [0.05, 0.1) is 17.6 Å². The molecule has 0 aliphatic heterocycles. The Kier molecular flexibility index (Phi) is 3.39. The third kappa shape index (κ3) is 2.79. The van der Waals surface area contributed by atoms with E-state index in [1.807, 2.05) is 0 Å². The summed E-state index contributed by atoms with van der Waals surface area (Å²) < 4.78 is 63.9. The Balaban J connectivity index is 3.52. The normalized spacial score (nSPS) is 12.6. The highest BCUT2D eigenvalue weighted by molar-refractivity contribution is 8.13. The molecule has 0 bridgehead atoms. The fraction of sp³-hybridized carbons (Fsp3) is 0.250. The van der Waals surface area contributed by atoms with Crippen LogP contribution in [0.3, 0.4) is 0 Å². The molecule has 0 saturated carbocycles. The quantitative estimate of drug-likeness (QED) is 0.779. The summed E-state index contributed by atoms with van der Waals surface area (Å²) in [6, 6.07) is 2.34. The van der Waals surface area contributed by atoms with Gasteiger partial charge in [-0.1, -0.05) is 0 Å². The van der Waals surface area contributed by atoms with Gasteiger partial charge < -0.3 is 4.74 Å². The van der Waals surface area contributed by atoms with Gasteiger partial charge in [0.1, 0.15) is 5.75 Å². The van der Waals surface area contributed by atoms with E-state index in [9.17, 15) is 21.6 Å². The molecule has 0 spiro atoms. The number of hydrogen-bond donors (Lipinski definition) is 0. The first-order chi connectivity index (χ1) is 7.16. The fourth-order valence-electron chi connectivity index (χ4n) is 1.07. The van der Waals surface area contributed by atoms with Gasteiger partial charge in [-0.25, -0.2) is 8.42 Å². The van der Waals surface area contributed by atoms with Gasteiger partial charge in [0.25, 0.3) is 9.05 Å². The molecule has 0 atom stereocenters. The van der Waals surface area contributed by atoms with Crippen LogP contribution in [0.15, 0.2) is 23.1 Å². The monoisotopic (exact) mass is 274 g/mol. The third-order valence-corrected chi connectivity index (χ3v) is 3.12. The zero-order chi connectivity index (χ0) is 12.6. The molecular formula is C8H6ClF3O3S. The number of methoxy groups -OCH3 is 1. The van der Waals surface area contributed by atoms with E-state index in [-0.39, 0.29) is 5.75 Å². The van der Waals surface area contributed by atoms with Crippen molar-refractivity contribution in [2.75, 3.05) is 7.11 Å². The Morgan fingerprint density at radius 1 is 1.31 bits per heavy atom. The predicted molar refractivity (Wildman–Crippen MR) is 51.0 cm³/mol. The lowest BCUT2D eigenvalue weighted by Crippen LogP contribution is -2.10. The Morgan fingerprint density at radius 2 is 1.88 bits per heavy atom. The predicted octanol–water partition coefficient (Wildman–Crippen LogP) is 2.64. The second-order valence-electron chi connectivity index (χ2n) is 2.80. The molecule has 0 radical (unpaired) electrons. The summed E-state index contributed by atoms with van der Waals surface area (Å²) in [5, 5.41) is 0. The van der Waals surface area contributed by atoms with Crippen molar-refractivity contribution in [1.29, 1.82) is 0 Å². The molecule has 0 heterocycles. The smallest absolute Gasteiger partial charge is 0.417 e. The summed E-state index contributed by atoms with van der Waals surface area (Å²) in [5.41, 5.74) is -1.32. The van der Waals surface area contributed by atoms with E-state index in [2.05, 4.69) is 4.74 Å². The van der Waals surface area contributed by atoms with E-state index in [0.717, 1.165) is 12.1 Å². The molecule has 0 unspecified atom stereocenters. The molecule has 0 N–H and O–H groups in total. The van der Waals surface area contributed by atoms with Crippen molar-refractivity contribution in [2.24, 2.45) is 0 Å². The van der Waals surface area contributed by atoms with Crippen molar-refractivity contribution in [3.8, 4) is 5.75 Å². The number of benzene rings is 1. The molecule has 1 rings (SSSR count). The Bertz CT molecular complexity index is 496. The van der Waals surface area contributed by atoms with Gasteiger partial charge in [-0.15, -0.1) is 0 Å². The average molecular weight is 275 g/mol. The molecule has 0 saturated heterocycles. The van der Waals surface area contributed by atoms with E-state index in [0.29, 0.717) is 6.07 Å². The van der Waals surface area contributed by atoms with E-state index < -0.39 is 25.7 Å². The largest absolute Gasteiger partial charge is 0.497 e. The highest BCUT2D eigenvalue weighted by atomic mass is 35.7. The minimum Gasteiger partial charge on any atom is -0.497 e. The van der Waals surface area contributed by atoms with Gasteiger partial charge >= 0.3 is 6.18 Å². The maximum absolute atomic E-state index is 12.5. The molecule has 8 heteroatoms. The molecular weight excluding hydrogens is 269 g/mol. The van der Waals surface area contributed by atoms with Crippen molar-refractivity contribution in [3.05, 3.63) is 23.8 Å². The van der Waals surface area contributed by atoms with E-state index in [1.165, 1.54) is 7.11 Å². The van der Waals surface area contributed by atoms with Gasteiger partial charge in [0, 0.05) is 16.7 Å². The van der Waals surface area contributed by atoms with Crippen LogP contribution in [0.1, 0.15) is 5.56 Å². The Hall–Kier alpha value is -0.950. The van der Waals surface area contributed by atoms with Crippen LogP contribution < -0.4 is 4.74 Å². The van der Waals surface area contributed by atoms with Crippen LogP contribution in [-0.4, -0.2) is 15.5 Å². The first-order valence-corrected chi connectivity index (χ1v) is 6.17. The van der Waals surface area contributed by atoms with Gasteiger partial charge in [0.15, 0.2) is 0 Å². The van der Waals surface area contributed by atoms with Gasteiger partial charge in [0.2, 0.25) is 0 Å². The second-order valence-corrected chi connectivity index (χ2v) is 5.33. The van der Waals surface area contributed by atoms with E-state index in [1.54, 1.807) is 0 Å². The van der Waals surface area contributed by atoms with Gasteiger partial charge in [-0.3, -0.25) is 0 Å². The van der Waals surface area contributed by atoms with Crippen molar-refractivity contribution in [1.82, 2.24) is 0 Å². The zero-order valence-electron chi connectivity index (χ0n) is 7.88. The molecule has 90 valence electrons. The van der Waals surface area contributed by atoms with E-state index in [4.69, 9.17) is 10.7 Å². The number of halogens is 4. The van der Waals surface area contributed by atoms with Crippen LogP contribution >= 0.6 is 10.7 Å². The molecule has 0 aliphatic carbocycles. The molecule has 0 fully saturated rings. The van der Waals surface area contributed by atoms with Crippen LogP contribution in [0, 0.1) is 0 Å². The third-order valence-electron chi connectivity index (χ3n) is 1.76. The van der Waals surface area contributed by atoms with Crippen molar-refractivity contribution < 1.29 is 26.3 Å². The van der Waals surface area contributed by atoms with E-state index >= 15 is 0 Å². The van der Waals surface area contributed by atoms with Crippen LogP contribution in [0.5, 0.6) is 5.75 Å². The summed E-state index contributed by atoms with van der Waals surface area (Å²) in [6.07, 6.45) is -4.79. The summed E-state index contributed by atoms with van der Waals surface area (Å²) in [6.45, 7) is 0. The summed E-state index contributed by atoms with van der Waals surface area (Å²) in [5.74, 6) is -0.0211. The first-order valence-electron chi connectivity index (χ1n) is 3.86. The maximum Gasteiger partial charge on any atom is 0.417 e. The molecule has 0 aromatic heterocycles. The lowest BCUT2D eigenvalue weighted by Gasteiger charge is -2.11. The minimum atomic E-state index is -4.79. The second kappa shape index (κ2) is 4.14. The first kappa shape index (κ1) is 13.1. The summed E-state index contributed by atoms with van der Waals surface area (Å²) >= 11 is 0. The fourth-order valence-corrected chi connectivity index (χ4v) is 2.15. The number of rotatable bonds is 2. The average Bonchev–Trinajstić information content (AvgIpc) is 2.14. The SMILES string of the molecule is COc1ccc(C(F)(F)F)c(S(=O)(=O)Cl)c1. The van der Waals surface area contributed by atoms with Crippen molar-refractivity contribution in [3.63, 3.8) is 0 Å². The standard InChI is InChI=1S/C8H6ClF3O3S/c1-15-5-2-3-6(8(10,11)12)7(4-5)16(9,13)14/h2-4H,1H3. The van der Waals surface area contributed by atoms with Crippen LogP contribution in [0.25, 0.3) is 0 Å². The number of alkyl halides is 3. The molecule has 16 heavy (non-hydrogen) atoms. The minimum absolute atomic E-state index is 0.0211. The molecule has 0 amide bonds. The number of hydrogen-bond acceptors (Lipinski definition) is 3. The van der Waals surface area contributed by atoms with Crippen LogP contribution in [0.2, 0.25) is 0 Å². The molecule has 1 aromatic carbocycles. The highest BCUT2D eigenvalue weighted by Gasteiger charge is 2.36. The summed E-state index contributed by atoms with van der Waals surface area (Å²) in [7, 11) is 1.64. The molecule has 1 aromatic rings. The van der Waals surface area contributed by atoms with Crippen LogP contribution in [-0.2, 0) is 15.2 Å². The van der Waals surface area contributed by atoms with Crippen molar-refractivity contribution in [2.45, 2.75) is 11.1 Å². The summed E-state index contributed by atoms with van der Waals surface area (Å²) in [4.78, 5) is -1.01. The Morgan fingerprint density at radius 3 is 2.25 bits per heavy atom. The topological polar surface area (TPSA) is 43.4 Å². The number of ether oxygens (including phenoxy) is 1. The molecule has 3 nitrogen and oxygen atoms in total. The lowest BCUT2D eigenvalue weighted by atomic mass is 10.2. The molecule has 0 aliphatic rings. The zero-order valence-corrected chi connectivity index (χ0v) is 9.45. The van der Waals surface area contributed by atoms with Crippen molar-refractivity contribution >= 4 is 19.7 Å². The van der Waals surface area contributed by atoms with Crippen LogP contribution in [0.4, 0.5) is 13.2 Å². The Labute approximate surface area is 94.2 Å².